The molecule has 0 aliphatic rings. The Labute approximate surface area is 143 Å². The van der Waals surface area contributed by atoms with E-state index >= 15 is 0 Å². The molecule has 0 atom stereocenters. The van der Waals surface area contributed by atoms with E-state index in [1.54, 1.807) is 0 Å². The minimum absolute atomic E-state index is 0.0865. The lowest BCUT2D eigenvalue weighted by Crippen LogP contribution is -2.11. The number of phenols is 3. The maximum atomic E-state index is 12.3. The smallest absolute Gasteiger partial charge is 0.340 e. The molecule has 9 heteroatoms. The first-order chi connectivity index (χ1) is 12.2. The van der Waals surface area contributed by atoms with Crippen LogP contribution in [0.1, 0.15) is 20.7 Å². The zero-order valence-corrected chi connectivity index (χ0v) is 12.8. The zero-order valence-electron chi connectivity index (χ0n) is 12.8. The van der Waals surface area contributed by atoms with Crippen LogP contribution >= 0.6 is 0 Å². The molecule has 0 radical (unpaired) electrons. The van der Waals surface area contributed by atoms with Crippen molar-refractivity contribution >= 4 is 22.9 Å². The predicted octanol–water partition coefficient (Wildman–Crippen LogP) is 1.97. The molecule has 3 rings (SSSR count). The monoisotopic (exact) mass is 358 g/mol. The summed E-state index contributed by atoms with van der Waals surface area (Å²) in [4.78, 5) is 34.9. The SMILES string of the molecule is O=C(O)c1cc2oc(-c3ccc(O)c(O)c3)cc(=O)c2c(O)c1C(=O)O. The molecule has 0 amide bonds. The molecule has 0 aliphatic carbocycles. The van der Waals surface area contributed by atoms with Gasteiger partial charge in [0.25, 0.3) is 0 Å². The minimum atomic E-state index is -1.71. The molecule has 0 aliphatic heterocycles. The van der Waals surface area contributed by atoms with Gasteiger partial charge in [-0.1, -0.05) is 0 Å². The van der Waals surface area contributed by atoms with Gasteiger partial charge in [-0.25, -0.2) is 9.59 Å². The minimum Gasteiger partial charge on any atom is -0.506 e. The van der Waals surface area contributed by atoms with Crippen molar-refractivity contribution in [3.8, 4) is 28.6 Å². The highest BCUT2D eigenvalue weighted by atomic mass is 16.4. The Bertz CT molecular complexity index is 1140. The predicted molar refractivity (Wildman–Crippen MR) is 86.8 cm³/mol. The van der Waals surface area contributed by atoms with E-state index in [0.29, 0.717) is 0 Å². The molecule has 26 heavy (non-hydrogen) atoms. The Balaban J connectivity index is 2.37. The molecular formula is C17H10O9. The highest BCUT2D eigenvalue weighted by Gasteiger charge is 2.25. The lowest BCUT2D eigenvalue weighted by atomic mass is 10.0. The van der Waals surface area contributed by atoms with E-state index in [4.69, 9.17) is 14.6 Å². The fraction of sp³-hybridized carbons (Fsp3) is 0. The van der Waals surface area contributed by atoms with Crippen molar-refractivity contribution in [2.75, 3.05) is 0 Å². The fourth-order valence-electron chi connectivity index (χ4n) is 2.51. The number of aromatic carboxylic acids is 2. The first kappa shape index (κ1) is 16.8. The number of carboxylic acid groups (broad SMARTS) is 2. The molecule has 5 N–H and O–H groups in total. The Kier molecular flexibility index (Phi) is 3.76. The number of aromatic hydroxyl groups is 3. The highest BCUT2D eigenvalue weighted by molar-refractivity contribution is 6.09. The molecule has 132 valence electrons. The number of hydrogen-bond acceptors (Lipinski definition) is 7. The van der Waals surface area contributed by atoms with Crippen molar-refractivity contribution in [1.29, 1.82) is 0 Å². The van der Waals surface area contributed by atoms with E-state index in [2.05, 4.69) is 0 Å². The first-order valence-electron chi connectivity index (χ1n) is 7.03. The molecule has 0 fully saturated rings. The van der Waals surface area contributed by atoms with Gasteiger partial charge >= 0.3 is 11.9 Å². The number of carboxylic acids is 2. The Morgan fingerprint density at radius 3 is 2.15 bits per heavy atom. The summed E-state index contributed by atoms with van der Waals surface area (Å²) in [5.41, 5.74) is -2.65. The van der Waals surface area contributed by atoms with Gasteiger partial charge in [0.2, 0.25) is 0 Å². The quantitative estimate of drug-likeness (QED) is 0.440. The summed E-state index contributed by atoms with van der Waals surface area (Å²) in [5, 5.41) is 46.8. The van der Waals surface area contributed by atoms with E-state index in [1.165, 1.54) is 6.07 Å². The van der Waals surface area contributed by atoms with Crippen molar-refractivity contribution in [3.05, 3.63) is 51.7 Å². The molecule has 2 aromatic carbocycles. The molecule has 1 heterocycles. The van der Waals surface area contributed by atoms with Gasteiger partial charge < -0.3 is 29.9 Å². The van der Waals surface area contributed by atoms with Crippen molar-refractivity contribution in [2.24, 2.45) is 0 Å². The standard InChI is InChI=1S/C17H10O9/c18-8-2-1-6(3-9(8)19)11-5-10(20)14-12(26-11)4-7(16(22)23)13(15(14)21)17(24)25/h1-5,18-19,21H,(H,22,23)(H,24,25). The average molecular weight is 358 g/mol. The van der Waals surface area contributed by atoms with Gasteiger partial charge in [-0.2, -0.15) is 0 Å². The Hall–Kier alpha value is -4.01. The largest absolute Gasteiger partial charge is 0.506 e. The molecule has 1 aromatic heterocycles. The number of benzene rings is 2. The topological polar surface area (TPSA) is 165 Å². The molecule has 0 saturated heterocycles. The van der Waals surface area contributed by atoms with E-state index < -0.39 is 51.1 Å². The molecule has 0 spiro atoms. The van der Waals surface area contributed by atoms with Crippen LogP contribution in [0, 0.1) is 0 Å². The van der Waals surface area contributed by atoms with Gasteiger partial charge in [-0.3, -0.25) is 4.79 Å². The number of carbonyl (C=O) groups is 2. The van der Waals surface area contributed by atoms with Crippen LogP contribution in [0.4, 0.5) is 0 Å². The molecule has 9 nitrogen and oxygen atoms in total. The van der Waals surface area contributed by atoms with Gasteiger partial charge in [0, 0.05) is 11.6 Å². The van der Waals surface area contributed by atoms with Gasteiger partial charge in [-0.15, -0.1) is 0 Å². The van der Waals surface area contributed by atoms with Gasteiger partial charge in [-0.05, 0) is 24.3 Å². The van der Waals surface area contributed by atoms with Crippen LogP contribution in [0.5, 0.6) is 17.2 Å². The molecule has 0 saturated carbocycles. The summed E-state index contributed by atoms with van der Waals surface area (Å²) in [6, 6.07) is 5.38. The molecular weight excluding hydrogens is 348 g/mol. The van der Waals surface area contributed by atoms with Crippen LogP contribution in [-0.2, 0) is 0 Å². The second-order valence-electron chi connectivity index (χ2n) is 5.31. The number of fused-ring (bicyclic) bond motifs is 1. The Morgan fingerprint density at radius 2 is 1.58 bits per heavy atom. The van der Waals surface area contributed by atoms with E-state index in [1.807, 2.05) is 0 Å². The summed E-state index contributed by atoms with van der Waals surface area (Å²) in [5.74, 6) is -5.31. The van der Waals surface area contributed by atoms with Gasteiger partial charge in [0.1, 0.15) is 28.0 Å². The van der Waals surface area contributed by atoms with Crippen LogP contribution in [0.2, 0.25) is 0 Å². The second-order valence-corrected chi connectivity index (χ2v) is 5.31. The lowest BCUT2D eigenvalue weighted by molar-refractivity contribution is 0.0649. The number of phenolic OH excluding ortho intramolecular Hbond substituents is 2. The first-order valence-corrected chi connectivity index (χ1v) is 7.03. The van der Waals surface area contributed by atoms with Gasteiger partial charge in [0.15, 0.2) is 16.9 Å². The Morgan fingerprint density at radius 1 is 0.885 bits per heavy atom. The molecule has 0 bridgehead atoms. The molecule has 0 unspecified atom stereocenters. The van der Waals surface area contributed by atoms with Crippen molar-refractivity contribution in [2.45, 2.75) is 0 Å². The van der Waals surface area contributed by atoms with E-state index in [0.717, 1.165) is 24.3 Å². The summed E-state index contributed by atoms with van der Waals surface area (Å²) in [7, 11) is 0. The third-order valence-corrected chi connectivity index (χ3v) is 3.70. The van der Waals surface area contributed by atoms with Crippen molar-refractivity contribution < 1.29 is 39.5 Å². The third kappa shape index (κ3) is 2.57. The third-order valence-electron chi connectivity index (χ3n) is 3.70. The van der Waals surface area contributed by atoms with Crippen molar-refractivity contribution in [1.82, 2.24) is 0 Å². The van der Waals surface area contributed by atoms with Crippen LogP contribution in [0.3, 0.4) is 0 Å². The zero-order chi connectivity index (χ0) is 19.2. The summed E-state index contributed by atoms with van der Waals surface area (Å²) < 4.78 is 5.42. The average Bonchev–Trinajstić information content (AvgIpc) is 2.55. The lowest BCUT2D eigenvalue weighted by Gasteiger charge is -2.09. The van der Waals surface area contributed by atoms with Crippen molar-refractivity contribution in [3.63, 3.8) is 0 Å². The van der Waals surface area contributed by atoms with Crippen LogP contribution in [-0.4, -0.2) is 37.5 Å². The summed E-state index contributed by atoms with van der Waals surface area (Å²) >= 11 is 0. The fourth-order valence-corrected chi connectivity index (χ4v) is 2.51. The maximum absolute atomic E-state index is 12.3. The maximum Gasteiger partial charge on any atom is 0.340 e. The molecule has 3 aromatic rings. The van der Waals surface area contributed by atoms with E-state index in [-0.39, 0.29) is 16.9 Å². The number of rotatable bonds is 3. The number of hydrogen-bond donors (Lipinski definition) is 5. The highest BCUT2D eigenvalue weighted by Crippen LogP contribution is 2.34. The second kappa shape index (κ2) is 5.81. The normalized spacial score (nSPS) is 10.8. The van der Waals surface area contributed by atoms with Crippen LogP contribution in [0.25, 0.3) is 22.3 Å². The van der Waals surface area contributed by atoms with E-state index in [9.17, 15) is 29.7 Å². The van der Waals surface area contributed by atoms with Crippen LogP contribution < -0.4 is 5.43 Å². The summed E-state index contributed by atoms with van der Waals surface area (Å²) in [6.45, 7) is 0. The van der Waals surface area contributed by atoms with Crippen LogP contribution in [0.15, 0.2) is 39.5 Å². The van der Waals surface area contributed by atoms with Gasteiger partial charge in [0.05, 0.1) is 5.56 Å². The summed E-state index contributed by atoms with van der Waals surface area (Å²) in [6.07, 6.45) is 0.